The summed E-state index contributed by atoms with van der Waals surface area (Å²) >= 11 is 0. The van der Waals surface area contributed by atoms with E-state index in [9.17, 15) is 4.79 Å². The van der Waals surface area contributed by atoms with E-state index in [-0.39, 0.29) is 23.7 Å². The van der Waals surface area contributed by atoms with Crippen molar-refractivity contribution < 1.29 is 14.3 Å². The maximum absolute atomic E-state index is 13.0. The van der Waals surface area contributed by atoms with Crippen molar-refractivity contribution in [3.05, 3.63) is 46.3 Å². The Morgan fingerprint density at radius 2 is 2.00 bits per heavy atom. The van der Waals surface area contributed by atoms with Gasteiger partial charge in [-0.3, -0.25) is 4.79 Å². The number of aryl methyl sites for hydroxylation is 3. The fourth-order valence-corrected chi connectivity index (χ4v) is 4.51. The Balaban J connectivity index is 1.57. The van der Waals surface area contributed by atoms with Gasteiger partial charge in [0.25, 0.3) is 5.78 Å². The maximum atomic E-state index is 13.0. The number of aromatic nitrogens is 4. The molecule has 0 radical (unpaired) electrons. The maximum Gasteiger partial charge on any atom is 0.254 e. The lowest BCUT2D eigenvalue weighted by Gasteiger charge is -2.39. The zero-order valence-electron chi connectivity index (χ0n) is 19.1. The number of anilines is 1. The molecule has 3 N–H and O–H groups in total. The first-order chi connectivity index (χ1) is 15.3. The molecule has 3 aromatic rings. The monoisotopic (exact) mass is 438 g/mol. The van der Waals surface area contributed by atoms with Gasteiger partial charge in [-0.1, -0.05) is 17.7 Å². The van der Waals surface area contributed by atoms with Crippen molar-refractivity contribution in [2.45, 2.75) is 45.4 Å². The van der Waals surface area contributed by atoms with E-state index in [4.69, 9.17) is 15.2 Å². The second-order valence-corrected chi connectivity index (χ2v) is 8.49. The number of nitrogens with one attached hydrogen (secondary N) is 1. The molecule has 0 saturated carbocycles. The molecule has 0 atom stereocenters. The van der Waals surface area contributed by atoms with Gasteiger partial charge in [-0.25, -0.2) is 4.98 Å². The van der Waals surface area contributed by atoms with Crippen LogP contribution in [0.1, 0.15) is 40.9 Å². The van der Waals surface area contributed by atoms with Gasteiger partial charge in [0.1, 0.15) is 5.75 Å². The first kappa shape index (κ1) is 22.0. The van der Waals surface area contributed by atoms with Crippen molar-refractivity contribution in [3.8, 4) is 5.75 Å². The lowest BCUT2D eigenvalue weighted by Crippen LogP contribution is -2.45. The molecule has 0 spiro atoms. The molecule has 4 rings (SSSR count). The number of nitrogen functional groups attached to an aromatic ring is 1. The van der Waals surface area contributed by atoms with Crippen LogP contribution in [0.5, 0.6) is 5.75 Å². The molecule has 2 aromatic heterocycles. The summed E-state index contributed by atoms with van der Waals surface area (Å²) in [5.41, 5.74) is 10.1. The summed E-state index contributed by atoms with van der Waals surface area (Å²) in [6.07, 6.45) is 1.84. The molecule has 0 bridgehead atoms. The number of nitrogens with zero attached hydrogens (tertiary/aromatic N) is 4. The Bertz CT molecular complexity index is 1150. The average Bonchev–Trinajstić information content (AvgIpc) is 3.16. The molecular formula is C23H30N6O3. The smallest absolute Gasteiger partial charge is 0.254 e. The summed E-state index contributed by atoms with van der Waals surface area (Å²) in [7, 11) is 1.69. The molecule has 1 aromatic carbocycles. The number of benzene rings is 1. The van der Waals surface area contributed by atoms with E-state index in [1.165, 1.54) is 0 Å². The van der Waals surface area contributed by atoms with E-state index in [2.05, 4.69) is 33.4 Å². The second kappa shape index (κ2) is 8.74. The molecule has 170 valence electrons. The third-order valence-electron chi connectivity index (χ3n) is 6.40. The fraction of sp³-hybridized carbons (Fsp3) is 0.478. The Hall–Kier alpha value is -3.20. The highest BCUT2D eigenvalue weighted by atomic mass is 16.5. The van der Waals surface area contributed by atoms with Crippen LogP contribution in [0.25, 0.3) is 5.78 Å². The van der Waals surface area contributed by atoms with Crippen molar-refractivity contribution in [3.63, 3.8) is 0 Å². The Labute approximate surface area is 187 Å². The standard InChI is InChI=1S/C23H30N6O3/c1-14-5-6-19(31-4)18(11-14)23(7-9-32-10-8-23)13-25-20(30)12-17-15(2)26-22-27-21(24)28-29(22)16(17)3/h5-6,11H,7-10,12-13H2,1-4H3,(H2,24,28)(H,25,30). The molecule has 0 aliphatic carbocycles. The number of hydrogen-bond donors (Lipinski definition) is 2. The zero-order valence-corrected chi connectivity index (χ0v) is 19.1. The third kappa shape index (κ3) is 4.12. The van der Waals surface area contributed by atoms with Crippen LogP contribution >= 0.6 is 0 Å². The van der Waals surface area contributed by atoms with Crippen molar-refractivity contribution in [1.82, 2.24) is 24.9 Å². The molecule has 9 nitrogen and oxygen atoms in total. The first-order valence-electron chi connectivity index (χ1n) is 10.8. The number of carbonyl (C=O) groups excluding carboxylic acids is 1. The van der Waals surface area contributed by atoms with Gasteiger partial charge >= 0.3 is 0 Å². The number of methoxy groups -OCH3 is 1. The minimum atomic E-state index is -0.238. The van der Waals surface area contributed by atoms with Gasteiger partial charge in [-0.05, 0) is 39.7 Å². The lowest BCUT2D eigenvalue weighted by molar-refractivity contribution is -0.121. The van der Waals surface area contributed by atoms with Gasteiger partial charge in [0, 0.05) is 47.7 Å². The Morgan fingerprint density at radius 1 is 1.25 bits per heavy atom. The summed E-state index contributed by atoms with van der Waals surface area (Å²) < 4.78 is 12.9. The van der Waals surface area contributed by atoms with Crippen molar-refractivity contribution in [2.75, 3.05) is 32.6 Å². The third-order valence-corrected chi connectivity index (χ3v) is 6.40. The summed E-state index contributed by atoms with van der Waals surface area (Å²) in [5, 5.41) is 7.35. The number of rotatable bonds is 6. The van der Waals surface area contributed by atoms with Gasteiger partial charge in [0.15, 0.2) is 0 Å². The highest BCUT2D eigenvalue weighted by Crippen LogP contribution is 2.40. The average molecular weight is 439 g/mol. The fourth-order valence-electron chi connectivity index (χ4n) is 4.51. The highest BCUT2D eigenvalue weighted by molar-refractivity contribution is 5.79. The van der Waals surface area contributed by atoms with Crippen LogP contribution in [0, 0.1) is 20.8 Å². The minimum absolute atomic E-state index is 0.0667. The van der Waals surface area contributed by atoms with Crippen LogP contribution in [-0.4, -0.2) is 52.4 Å². The molecule has 1 aliphatic heterocycles. The largest absolute Gasteiger partial charge is 0.496 e. The normalized spacial score (nSPS) is 15.6. The van der Waals surface area contributed by atoms with Crippen molar-refractivity contribution >= 4 is 17.6 Å². The Kier molecular flexibility index (Phi) is 6.01. The number of fused-ring (bicyclic) bond motifs is 1. The molecule has 1 fully saturated rings. The predicted molar refractivity (Wildman–Crippen MR) is 121 cm³/mol. The molecule has 1 saturated heterocycles. The predicted octanol–water partition coefficient (Wildman–Crippen LogP) is 2.05. The Morgan fingerprint density at radius 3 is 2.72 bits per heavy atom. The van der Waals surface area contributed by atoms with Crippen LogP contribution in [0.15, 0.2) is 18.2 Å². The van der Waals surface area contributed by atoms with Crippen molar-refractivity contribution in [1.29, 1.82) is 0 Å². The first-order valence-corrected chi connectivity index (χ1v) is 10.8. The number of nitrogens with two attached hydrogens (primary N) is 1. The molecule has 1 amide bonds. The van der Waals surface area contributed by atoms with E-state index in [1.54, 1.807) is 11.6 Å². The highest BCUT2D eigenvalue weighted by Gasteiger charge is 2.37. The molecule has 9 heteroatoms. The van der Waals surface area contributed by atoms with E-state index >= 15 is 0 Å². The SMILES string of the molecule is COc1ccc(C)cc1C1(CNC(=O)Cc2c(C)nc3nc(N)nn3c2C)CCOCC1. The van der Waals surface area contributed by atoms with Gasteiger partial charge in [-0.15, -0.1) is 5.10 Å². The van der Waals surface area contributed by atoms with Gasteiger partial charge in [0.05, 0.1) is 13.5 Å². The number of hydrogen-bond acceptors (Lipinski definition) is 7. The number of carbonyl (C=O) groups is 1. The van der Waals surface area contributed by atoms with E-state index < -0.39 is 0 Å². The minimum Gasteiger partial charge on any atom is -0.496 e. The van der Waals surface area contributed by atoms with E-state index in [0.717, 1.165) is 46.7 Å². The molecule has 0 unspecified atom stereocenters. The molecule has 32 heavy (non-hydrogen) atoms. The van der Waals surface area contributed by atoms with E-state index in [1.807, 2.05) is 26.0 Å². The quantitative estimate of drug-likeness (QED) is 0.605. The van der Waals surface area contributed by atoms with E-state index in [0.29, 0.717) is 25.5 Å². The molecule has 1 aliphatic rings. The number of ether oxygens (including phenoxy) is 2. The number of amides is 1. The summed E-state index contributed by atoms with van der Waals surface area (Å²) in [5.74, 6) is 1.38. The molecular weight excluding hydrogens is 408 g/mol. The van der Waals surface area contributed by atoms with Crippen LogP contribution in [0.2, 0.25) is 0 Å². The van der Waals surface area contributed by atoms with Crippen LogP contribution in [-0.2, 0) is 21.4 Å². The van der Waals surface area contributed by atoms with Gasteiger partial charge < -0.3 is 20.5 Å². The summed E-state index contributed by atoms with van der Waals surface area (Å²) in [6.45, 7) is 7.66. The van der Waals surface area contributed by atoms with Crippen molar-refractivity contribution in [2.24, 2.45) is 0 Å². The van der Waals surface area contributed by atoms with Crippen LogP contribution < -0.4 is 15.8 Å². The van der Waals surface area contributed by atoms with Gasteiger partial charge in [-0.2, -0.15) is 9.50 Å². The lowest BCUT2D eigenvalue weighted by atomic mass is 9.73. The second-order valence-electron chi connectivity index (χ2n) is 8.49. The van der Waals surface area contributed by atoms with Crippen LogP contribution in [0.4, 0.5) is 5.95 Å². The zero-order chi connectivity index (χ0) is 22.9. The summed E-state index contributed by atoms with van der Waals surface area (Å²) in [4.78, 5) is 21.6. The summed E-state index contributed by atoms with van der Waals surface area (Å²) in [6, 6.07) is 6.21. The van der Waals surface area contributed by atoms with Crippen LogP contribution in [0.3, 0.4) is 0 Å². The molecule has 3 heterocycles. The van der Waals surface area contributed by atoms with Gasteiger partial charge in [0.2, 0.25) is 11.9 Å². The topological polar surface area (TPSA) is 117 Å².